The third kappa shape index (κ3) is 4.22. The lowest BCUT2D eigenvalue weighted by Gasteiger charge is -2.35. The molecule has 3 heteroatoms. The fourth-order valence-corrected chi connectivity index (χ4v) is 2.91. The third-order valence-electron chi connectivity index (χ3n) is 4.30. The van der Waals surface area contributed by atoms with E-state index in [2.05, 4.69) is 31.0 Å². The van der Waals surface area contributed by atoms with E-state index in [-0.39, 0.29) is 0 Å². The molecule has 0 bridgehead atoms. The normalized spacial score (nSPS) is 26.2. The lowest BCUT2D eigenvalue weighted by atomic mass is 10.0. The molecule has 0 radical (unpaired) electrons. The van der Waals surface area contributed by atoms with E-state index >= 15 is 0 Å². The molecule has 0 aromatic heterocycles. The lowest BCUT2D eigenvalue weighted by Crippen LogP contribution is -2.48. The number of likely N-dealkylation sites (N-methyl/N-ethyl adjacent to an activating group) is 1. The van der Waals surface area contributed by atoms with Gasteiger partial charge in [-0.2, -0.15) is 0 Å². The molecular weight excluding hydrogens is 224 g/mol. The Morgan fingerprint density at radius 1 is 1.28 bits per heavy atom. The Morgan fingerprint density at radius 3 is 2.56 bits per heavy atom. The van der Waals surface area contributed by atoms with Crippen LogP contribution in [0.25, 0.3) is 0 Å². The van der Waals surface area contributed by atoms with E-state index in [0.29, 0.717) is 18.1 Å². The zero-order valence-corrected chi connectivity index (χ0v) is 12.3. The standard InChI is InChI=1S/C15H30N2O/c1-4-17(11-14-6-5-9-18-14)15(12(2)3)10-16-13-7-8-13/h12-16H,4-11H2,1-3H3. The average molecular weight is 254 g/mol. The van der Waals surface area contributed by atoms with Crippen LogP contribution in [0.3, 0.4) is 0 Å². The zero-order valence-electron chi connectivity index (χ0n) is 12.3. The number of nitrogens with one attached hydrogen (secondary N) is 1. The largest absolute Gasteiger partial charge is 0.377 e. The van der Waals surface area contributed by atoms with Crippen LogP contribution in [0.15, 0.2) is 0 Å². The van der Waals surface area contributed by atoms with Gasteiger partial charge in [-0.1, -0.05) is 20.8 Å². The molecule has 1 aliphatic carbocycles. The van der Waals surface area contributed by atoms with E-state index in [1.165, 1.54) is 25.7 Å². The first-order valence-electron chi connectivity index (χ1n) is 7.79. The second kappa shape index (κ2) is 6.88. The number of rotatable bonds is 8. The third-order valence-corrected chi connectivity index (χ3v) is 4.30. The summed E-state index contributed by atoms with van der Waals surface area (Å²) in [5.74, 6) is 0.706. The summed E-state index contributed by atoms with van der Waals surface area (Å²) in [6, 6.07) is 1.47. The van der Waals surface area contributed by atoms with Crippen molar-refractivity contribution in [3.05, 3.63) is 0 Å². The van der Waals surface area contributed by atoms with E-state index in [1.54, 1.807) is 0 Å². The number of nitrogens with zero attached hydrogens (tertiary/aromatic N) is 1. The molecule has 0 spiro atoms. The van der Waals surface area contributed by atoms with Crippen LogP contribution in [0.4, 0.5) is 0 Å². The van der Waals surface area contributed by atoms with Gasteiger partial charge in [0.2, 0.25) is 0 Å². The Morgan fingerprint density at radius 2 is 2.06 bits per heavy atom. The van der Waals surface area contributed by atoms with Crippen LogP contribution in [0.1, 0.15) is 46.5 Å². The van der Waals surface area contributed by atoms with Crippen molar-refractivity contribution in [2.75, 3.05) is 26.2 Å². The van der Waals surface area contributed by atoms with Crippen LogP contribution in [0, 0.1) is 5.92 Å². The van der Waals surface area contributed by atoms with Gasteiger partial charge in [0, 0.05) is 31.8 Å². The van der Waals surface area contributed by atoms with Gasteiger partial charge in [0.15, 0.2) is 0 Å². The molecule has 0 aromatic rings. The van der Waals surface area contributed by atoms with Gasteiger partial charge in [-0.05, 0) is 38.1 Å². The molecule has 1 saturated heterocycles. The maximum Gasteiger partial charge on any atom is 0.0702 e. The average Bonchev–Trinajstić information content (AvgIpc) is 3.03. The maximum absolute atomic E-state index is 5.79. The van der Waals surface area contributed by atoms with Crippen LogP contribution in [0.2, 0.25) is 0 Å². The van der Waals surface area contributed by atoms with Gasteiger partial charge in [0.1, 0.15) is 0 Å². The molecule has 18 heavy (non-hydrogen) atoms. The Bertz CT molecular complexity index is 235. The van der Waals surface area contributed by atoms with Crippen LogP contribution < -0.4 is 5.32 Å². The molecule has 1 aliphatic heterocycles. The SMILES string of the molecule is CCN(CC1CCCO1)C(CNC1CC1)C(C)C. The molecule has 1 heterocycles. The predicted molar refractivity (Wildman–Crippen MR) is 75.9 cm³/mol. The van der Waals surface area contributed by atoms with Crippen LogP contribution in [-0.2, 0) is 4.74 Å². The highest BCUT2D eigenvalue weighted by Crippen LogP contribution is 2.21. The molecule has 1 N–H and O–H groups in total. The van der Waals surface area contributed by atoms with Gasteiger partial charge in [-0.3, -0.25) is 4.90 Å². The Kier molecular flexibility index (Phi) is 5.46. The minimum absolute atomic E-state index is 0.479. The van der Waals surface area contributed by atoms with Crippen molar-refractivity contribution in [2.24, 2.45) is 5.92 Å². The summed E-state index contributed by atoms with van der Waals surface area (Å²) in [5, 5.41) is 3.70. The monoisotopic (exact) mass is 254 g/mol. The maximum atomic E-state index is 5.79. The van der Waals surface area contributed by atoms with E-state index in [9.17, 15) is 0 Å². The Balaban J connectivity index is 1.82. The van der Waals surface area contributed by atoms with Crippen LogP contribution >= 0.6 is 0 Å². The van der Waals surface area contributed by atoms with Crippen molar-refractivity contribution < 1.29 is 4.74 Å². The van der Waals surface area contributed by atoms with Crippen molar-refractivity contribution in [3.8, 4) is 0 Å². The second-order valence-corrected chi connectivity index (χ2v) is 6.22. The zero-order chi connectivity index (χ0) is 13.0. The summed E-state index contributed by atoms with van der Waals surface area (Å²) >= 11 is 0. The van der Waals surface area contributed by atoms with Crippen molar-refractivity contribution >= 4 is 0 Å². The molecule has 2 rings (SSSR count). The van der Waals surface area contributed by atoms with Gasteiger partial charge < -0.3 is 10.1 Å². The minimum atomic E-state index is 0.479. The second-order valence-electron chi connectivity index (χ2n) is 6.22. The Labute approximate surface area is 112 Å². The quantitative estimate of drug-likeness (QED) is 0.719. The minimum Gasteiger partial charge on any atom is -0.377 e. The lowest BCUT2D eigenvalue weighted by molar-refractivity contribution is 0.0492. The van der Waals surface area contributed by atoms with Gasteiger partial charge in [-0.15, -0.1) is 0 Å². The van der Waals surface area contributed by atoms with Crippen molar-refractivity contribution in [1.29, 1.82) is 0 Å². The molecule has 2 atom stereocenters. The summed E-state index contributed by atoms with van der Waals surface area (Å²) in [6.07, 6.45) is 5.73. The van der Waals surface area contributed by atoms with Crippen LogP contribution in [0.5, 0.6) is 0 Å². The van der Waals surface area contributed by atoms with Gasteiger partial charge in [0.25, 0.3) is 0 Å². The topological polar surface area (TPSA) is 24.5 Å². The first-order chi connectivity index (χ1) is 8.70. The molecular formula is C15H30N2O. The predicted octanol–water partition coefficient (Wildman–Crippen LogP) is 2.26. The first-order valence-corrected chi connectivity index (χ1v) is 7.79. The van der Waals surface area contributed by atoms with Gasteiger partial charge in [0.05, 0.1) is 6.10 Å². The van der Waals surface area contributed by atoms with Crippen molar-refractivity contribution in [2.45, 2.75) is 64.6 Å². The molecule has 2 fully saturated rings. The summed E-state index contributed by atoms with van der Waals surface area (Å²) in [5.41, 5.74) is 0. The number of ether oxygens (including phenoxy) is 1. The molecule has 1 saturated carbocycles. The van der Waals surface area contributed by atoms with E-state index < -0.39 is 0 Å². The van der Waals surface area contributed by atoms with Gasteiger partial charge in [-0.25, -0.2) is 0 Å². The highest BCUT2D eigenvalue weighted by atomic mass is 16.5. The smallest absolute Gasteiger partial charge is 0.0702 e. The van der Waals surface area contributed by atoms with Crippen LogP contribution in [-0.4, -0.2) is 49.3 Å². The summed E-state index contributed by atoms with van der Waals surface area (Å²) in [4.78, 5) is 2.62. The number of hydrogen-bond acceptors (Lipinski definition) is 3. The van der Waals surface area contributed by atoms with E-state index in [0.717, 1.165) is 32.3 Å². The highest BCUT2D eigenvalue weighted by molar-refractivity contribution is 4.86. The fraction of sp³-hybridized carbons (Fsp3) is 1.00. The van der Waals surface area contributed by atoms with Gasteiger partial charge >= 0.3 is 0 Å². The molecule has 106 valence electrons. The number of hydrogen-bond donors (Lipinski definition) is 1. The van der Waals surface area contributed by atoms with Crippen molar-refractivity contribution in [1.82, 2.24) is 10.2 Å². The molecule has 0 amide bonds. The summed E-state index contributed by atoms with van der Waals surface area (Å²) in [6.45, 7) is 11.3. The van der Waals surface area contributed by atoms with Crippen molar-refractivity contribution in [3.63, 3.8) is 0 Å². The molecule has 2 aliphatic rings. The first kappa shape index (κ1) is 14.3. The fourth-order valence-electron chi connectivity index (χ4n) is 2.91. The summed E-state index contributed by atoms with van der Waals surface area (Å²) in [7, 11) is 0. The highest BCUT2D eigenvalue weighted by Gasteiger charge is 2.28. The van der Waals surface area contributed by atoms with E-state index in [4.69, 9.17) is 4.74 Å². The Hall–Kier alpha value is -0.120. The molecule has 3 nitrogen and oxygen atoms in total. The molecule has 2 unspecified atom stereocenters. The summed E-state index contributed by atoms with van der Waals surface area (Å²) < 4.78 is 5.79. The van der Waals surface area contributed by atoms with E-state index in [1.807, 2.05) is 0 Å². The molecule has 0 aromatic carbocycles.